The Hall–Kier alpha value is -1.82. The first kappa shape index (κ1) is 27.4. The van der Waals surface area contributed by atoms with Crippen LogP contribution in [0.1, 0.15) is 27.2 Å². The van der Waals surface area contributed by atoms with Crippen molar-refractivity contribution >= 4 is 41.7 Å². The van der Waals surface area contributed by atoms with Gasteiger partial charge >= 0.3 is 6.09 Å². The summed E-state index contributed by atoms with van der Waals surface area (Å²) in [5, 5.41) is 6.41. The molecule has 2 aliphatic rings. The van der Waals surface area contributed by atoms with E-state index in [1.807, 2.05) is 32.9 Å². The molecule has 0 spiro atoms. The van der Waals surface area contributed by atoms with Gasteiger partial charge in [-0.2, -0.15) is 0 Å². The van der Waals surface area contributed by atoms with Crippen LogP contribution in [0.3, 0.4) is 0 Å². The molecule has 0 aliphatic carbocycles. The maximum atomic E-state index is 13.1. The Labute approximate surface area is 213 Å². The zero-order valence-corrected chi connectivity index (χ0v) is 22.5. The van der Waals surface area contributed by atoms with Crippen LogP contribution in [0, 0.1) is 5.82 Å². The monoisotopic (exact) mass is 576 g/mol. The molecule has 2 N–H and O–H groups in total. The van der Waals surface area contributed by atoms with Gasteiger partial charge in [-0.25, -0.2) is 9.18 Å². The first-order valence-corrected chi connectivity index (χ1v) is 11.4. The number of alkyl carbamates (subject to hydrolysis) is 1. The van der Waals surface area contributed by atoms with Gasteiger partial charge in [-0.15, -0.1) is 24.0 Å². The van der Waals surface area contributed by atoms with Crippen molar-refractivity contribution in [2.75, 3.05) is 64.3 Å². The second kappa shape index (κ2) is 12.6. The molecule has 8 nitrogen and oxygen atoms in total. The van der Waals surface area contributed by atoms with Gasteiger partial charge in [-0.1, -0.05) is 0 Å². The van der Waals surface area contributed by atoms with E-state index in [9.17, 15) is 9.18 Å². The Balaban J connectivity index is 0.00000385. The van der Waals surface area contributed by atoms with Crippen LogP contribution >= 0.6 is 24.0 Å². The average Bonchev–Trinajstić information content (AvgIpc) is 3.19. The minimum absolute atomic E-state index is 0. The van der Waals surface area contributed by atoms with Crippen molar-refractivity contribution in [3.05, 3.63) is 30.1 Å². The molecule has 2 heterocycles. The molecule has 3 rings (SSSR count). The molecular formula is C23H38FIN6O2. The third-order valence-electron chi connectivity index (χ3n) is 5.70. The lowest BCUT2D eigenvalue weighted by Gasteiger charge is -2.36. The van der Waals surface area contributed by atoms with Gasteiger partial charge in [-0.05, 0) is 51.5 Å². The Morgan fingerprint density at radius 3 is 2.42 bits per heavy atom. The molecule has 0 aromatic heterocycles. The maximum Gasteiger partial charge on any atom is 0.407 e. The number of nitrogens with one attached hydrogen (secondary N) is 2. The van der Waals surface area contributed by atoms with Crippen molar-refractivity contribution in [2.24, 2.45) is 4.99 Å². The first-order valence-electron chi connectivity index (χ1n) is 11.4. The van der Waals surface area contributed by atoms with Crippen LogP contribution in [0.25, 0.3) is 0 Å². The number of halogens is 2. The number of guanidine groups is 1. The number of amides is 1. The van der Waals surface area contributed by atoms with Gasteiger partial charge in [0.15, 0.2) is 5.96 Å². The van der Waals surface area contributed by atoms with Gasteiger partial charge < -0.3 is 25.2 Å². The SMILES string of the molecule is CN=C(NCCN1CCN(c2ccc(F)cc2)CC1)N1CCC(NC(=O)OC(C)(C)C)C1.I. The molecule has 186 valence electrons. The van der Waals surface area contributed by atoms with Crippen molar-refractivity contribution in [1.29, 1.82) is 0 Å². The highest BCUT2D eigenvalue weighted by molar-refractivity contribution is 14.0. The van der Waals surface area contributed by atoms with Crippen LogP contribution in [-0.2, 0) is 4.74 Å². The highest BCUT2D eigenvalue weighted by Crippen LogP contribution is 2.17. The summed E-state index contributed by atoms with van der Waals surface area (Å²) in [6.07, 6.45) is 0.498. The second-order valence-corrected chi connectivity index (χ2v) is 9.36. The molecule has 2 aliphatic heterocycles. The number of benzene rings is 1. The minimum atomic E-state index is -0.496. The Bertz CT molecular complexity index is 778. The lowest BCUT2D eigenvalue weighted by Crippen LogP contribution is -2.50. The van der Waals surface area contributed by atoms with Gasteiger partial charge in [0.2, 0.25) is 0 Å². The summed E-state index contributed by atoms with van der Waals surface area (Å²) < 4.78 is 18.5. The molecule has 0 radical (unpaired) electrons. The van der Waals surface area contributed by atoms with E-state index in [2.05, 4.69) is 30.3 Å². The van der Waals surface area contributed by atoms with E-state index in [1.54, 1.807) is 7.05 Å². The summed E-state index contributed by atoms with van der Waals surface area (Å²) in [5.41, 5.74) is 0.581. The van der Waals surface area contributed by atoms with Gasteiger partial charge in [0.05, 0.1) is 6.04 Å². The van der Waals surface area contributed by atoms with Crippen molar-refractivity contribution < 1.29 is 13.9 Å². The molecule has 1 amide bonds. The molecule has 1 atom stereocenters. The van der Waals surface area contributed by atoms with Crippen molar-refractivity contribution in [3.8, 4) is 0 Å². The largest absolute Gasteiger partial charge is 0.444 e. The molecule has 1 aromatic rings. The number of hydrogen-bond donors (Lipinski definition) is 2. The molecule has 1 aromatic carbocycles. The van der Waals surface area contributed by atoms with Crippen LogP contribution in [0.5, 0.6) is 0 Å². The standard InChI is InChI=1S/C23H37FN6O2.HI/c1-23(2,3)32-22(31)27-19-9-11-30(17-19)21(25-4)26-10-12-28-13-15-29(16-14-28)20-7-5-18(24)6-8-20;/h5-8,19H,9-17H2,1-4H3,(H,25,26)(H,27,31);1H. The van der Waals surface area contributed by atoms with E-state index in [4.69, 9.17) is 4.74 Å². The van der Waals surface area contributed by atoms with E-state index < -0.39 is 5.60 Å². The lowest BCUT2D eigenvalue weighted by molar-refractivity contribution is 0.0507. The molecule has 0 bridgehead atoms. The Morgan fingerprint density at radius 2 is 1.82 bits per heavy atom. The highest BCUT2D eigenvalue weighted by Gasteiger charge is 2.28. The number of ether oxygens (including phenoxy) is 1. The summed E-state index contributed by atoms with van der Waals surface area (Å²) in [6, 6.07) is 6.78. The fourth-order valence-corrected chi connectivity index (χ4v) is 4.08. The quantitative estimate of drug-likeness (QED) is 0.319. The second-order valence-electron chi connectivity index (χ2n) is 9.36. The molecular weight excluding hydrogens is 538 g/mol. The summed E-state index contributed by atoms with van der Waals surface area (Å²) in [7, 11) is 1.79. The molecule has 2 fully saturated rings. The minimum Gasteiger partial charge on any atom is -0.444 e. The van der Waals surface area contributed by atoms with E-state index in [1.165, 1.54) is 12.1 Å². The van der Waals surface area contributed by atoms with Crippen LogP contribution in [-0.4, -0.2) is 92.9 Å². The van der Waals surface area contributed by atoms with E-state index in [0.29, 0.717) is 0 Å². The number of hydrogen-bond acceptors (Lipinski definition) is 5. The van der Waals surface area contributed by atoms with Crippen molar-refractivity contribution in [2.45, 2.75) is 38.8 Å². The van der Waals surface area contributed by atoms with E-state index in [0.717, 1.165) is 70.4 Å². The van der Waals surface area contributed by atoms with Gasteiger partial charge in [0, 0.05) is 65.1 Å². The number of piperazine rings is 1. The predicted octanol–water partition coefficient (Wildman–Crippen LogP) is 2.74. The molecule has 0 saturated carbocycles. The Morgan fingerprint density at radius 1 is 1.15 bits per heavy atom. The number of likely N-dealkylation sites (tertiary alicyclic amines) is 1. The number of carbonyl (C=O) groups excluding carboxylic acids is 1. The van der Waals surface area contributed by atoms with Crippen LogP contribution in [0.2, 0.25) is 0 Å². The van der Waals surface area contributed by atoms with Crippen molar-refractivity contribution in [3.63, 3.8) is 0 Å². The van der Waals surface area contributed by atoms with Crippen LogP contribution < -0.4 is 15.5 Å². The zero-order chi connectivity index (χ0) is 23.1. The zero-order valence-electron chi connectivity index (χ0n) is 20.1. The number of aliphatic imine (C=N–C) groups is 1. The fourth-order valence-electron chi connectivity index (χ4n) is 4.08. The average molecular weight is 576 g/mol. The molecule has 2 saturated heterocycles. The summed E-state index contributed by atoms with van der Waals surface area (Å²) in [5.74, 6) is 0.667. The first-order chi connectivity index (χ1) is 15.2. The smallest absolute Gasteiger partial charge is 0.407 e. The van der Waals surface area contributed by atoms with Gasteiger partial charge in [-0.3, -0.25) is 9.89 Å². The number of carbonyl (C=O) groups is 1. The summed E-state index contributed by atoms with van der Waals surface area (Å²) >= 11 is 0. The lowest BCUT2D eigenvalue weighted by atomic mass is 10.2. The topological polar surface area (TPSA) is 72.4 Å². The van der Waals surface area contributed by atoms with Crippen LogP contribution in [0.4, 0.5) is 14.9 Å². The van der Waals surface area contributed by atoms with E-state index in [-0.39, 0.29) is 41.9 Å². The summed E-state index contributed by atoms with van der Waals surface area (Å²) in [6.45, 7) is 12.7. The predicted molar refractivity (Wildman–Crippen MR) is 141 cm³/mol. The highest BCUT2D eigenvalue weighted by atomic mass is 127. The summed E-state index contributed by atoms with van der Waals surface area (Å²) in [4.78, 5) is 23.3. The van der Waals surface area contributed by atoms with Crippen molar-refractivity contribution in [1.82, 2.24) is 20.4 Å². The van der Waals surface area contributed by atoms with Gasteiger partial charge in [0.25, 0.3) is 0 Å². The normalized spacial score (nSPS) is 19.8. The van der Waals surface area contributed by atoms with Crippen LogP contribution in [0.15, 0.2) is 29.3 Å². The molecule has 10 heteroatoms. The fraction of sp³-hybridized carbons (Fsp3) is 0.652. The van der Waals surface area contributed by atoms with E-state index >= 15 is 0 Å². The molecule has 33 heavy (non-hydrogen) atoms. The number of anilines is 1. The van der Waals surface area contributed by atoms with Gasteiger partial charge in [0.1, 0.15) is 11.4 Å². The third-order valence-corrected chi connectivity index (χ3v) is 5.70. The number of nitrogens with zero attached hydrogens (tertiary/aromatic N) is 4. The number of rotatable bonds is 5. The maximum absolute atomic E-state index is 13.1. The molecule has 1 unspecified atom stereocenters. The third kappa shape index (κ3) is 8.80. The Kier molecular flexibility index (Phi) is 10.5.